The summed E-state index contributed by atoms with van der Waals surface area (Å²) >= 11 is 0. The summed E-state index contributed by atoms with van der Waals surface area (Å²) in [7, 11) is -3.87. The van der Waals surface area contributed by atoms with E-state index >= 15 is 0 Å². The van der Waals surface area contributed by atoms with Crippen molar-refractivity contribution in [1.82, 2.24) is 0 Å². The second-order valence-electron chi connectivity index (χ2n) is 6.28. The van der Waals surface area contributed by atoms with Crippen LogP contribution >= 0.6 is 0 Å². The van der Waals surface area contributed by atoms with Crippen molar-refractivity contribution in [2.45, 2.75) is 64.2 Å². The molecule has 0 aliphatic carbocycles. The van der Waals surface area contributed by atoms with Crippen molar-refractivity contribution in [1.29, 1.82) is 0 Å². The van der Waals surface area contributed by atoms with Crippen molar-refractivity contribution in [2.24, 2.45) is 0 Å². The van der Waals surface area contributed by atoms with Gasteiger partial charge in [-0.05, 0) is 13.8 Å². The van der Waals surface area contributed by atoms with Gasteiger partial charge in [-0.1, -0.05) is 0 Å². The highest BCUT2D eigenvalue weighted by atomic mass is 32.2. The molecule has 0 amide bonds. The fraction of sp³-hybridized carbons (Fsp3) is 0.857. The third-order valence-corrected chi connectivity index (χ3v) is 4.02. The summed E-state index contributed by atoms with van der Waals surface area (Å²) in [6, 6.07) is 0. The lowest BCUT2D eigenvalue weighted by Crippen LogP contribution is -2.47. The third-order valence-electron chi connectivity index (χ3n) is 3.45. The number of hydrogen-bond acceptors (Lipinski definition) is 10. The van der Waals surface area contributed by atoms with Crippen LogP contribution in [0.1, 0.15) is 27.7 Å². The second-order valence-corrected chi connectivity index (χ2v) is 7.89. The largest absolute Gasteiger partial charge is 0.462 e. The maximum Gasteiger partial charge on any atom is 0.303 e. The highest BCUT2D eigenvalue weighted by Gasteiger charge is 2.59. The molecule has 25 heavy (non-hydrogen) atoms. The molecule has 2 saturated heterocycles. The van der Waals surface area contributed by atoms with Crippen molar-refractivity contribution in [2.75, 3.05) is 12.9 Å². The van der Waals surface area contributed by atoms with Crippen LogP contribution in [0, 0.1) is 0 Å². The van der Waals surface area contributed by atoms with Crippen LogP contribution in [-0.2, 0) is 47.6 Å². The summed E-state index contributed by atoms with van der Waals surface area (Å²) in [6.07, 6.45) is -4.18. The second kappa shape index (κ2) is 7.16. The van der Waals surface area contributed by atoms with Crippen molar-refractivity contribution < 1.29 is 45.9 Å². The molecule has 0 bridgehead atoms. The first-order chi connectivity index (χ1) is 11.4. The summed E-state index contributed by atoms with van der Waals surface area (Å²) in [5, 5.41) is 0. The predicted molar refractivity (Wildman–Crippen MR) is 80.6 cm³/mol. The van der Waals surface area contributed by atoms with Gasteiger partial charge in [-0.2, -0.15) is 8.42 Å². The van der Waals surface area contributed by atoms with Crippen molar-refractivity contribution in [3.8, 4) is 0 Å². The Kier molecular flexibility index (Phi) is 5.74. The zero-order valence-electron chi connectivity index (χ0n) is 14.6. The van der Waals surface area contributed by atoms with Crippen LogP contribution in [-0.4, -0.2) is 69.7 Å². The summed E-state index contributed by atoms with van der Waals surface area (Å²) in [5.74, 6) is -2.24. The zero-order valence-corrected chi connectivity index (χ0v) is 15.4. The number of ether oxygens (including phenoxy) is 5. The van der Waals surface area contributed by atoms with Crippen LogP contribution in [0.4, 0.5) is 0 Å². The normalized spacial score (nSPS) is 32.0. The molecule has 2 rings (SSSR count). The summed E-state index contributed by atoms with van der Waals surface area (Å²) in [5.41, 5.74) is 0. The summed E-state index contributed by atoms with van der Waals surface area (Å²) in [4.78, 5) is 22.4. The monoisotopic (exact) mass is 382 g/mol. The van der Waals surface area contributed by atoms with Gasteiger partial charge in [-0.15, -0.1) is 0 Å². The minimum Gasteiger partial charge on any atom is -0.462 e. The first-order valence-electron chi connectivity index (χ1n) is 7.58. The number of hydrogen-bond donors (Lipinski definition) is 0. The van der Waals surface area contributed by atoms with Gasteiger partial charge in [-0.3, -0.25) is 13.8 Å². The quantitative estimate of drug-likeness (QED) is 0.447. The zero-order chi connectivity index (χ0) is 19.0. The van der Waals surface area contributed by atoms with Crippen LogP contribution < -0.4 is 0 Å². The molecule has 11 heteroatoms. The molecule has 0 aromatic carbocycles. The fourth-order valence-electron chi connectivity index (χ4n) is 2.72. The average Bonchev–Trinajstić information content (AvgIpc) is 2.86. The van der Waals surface area contributed by atoms with Crippen LogP contribution in [0.2, 0.25) is 0 Å². The fourth-order valence-corrected chi connectivity index (χ4v) is 3.35. The van der Waals surface area contributed by atoms with Crippen molar-refractivity contribution >= 4 is 22.1 Å². The van der Waals surface area contributed by atoms with Gasteiger partial charge < -0.3 is 23.7 Å². The molecule has 0 N–H and O–H groups in total. The number of rotatable bonds is 6. The number of carbonyl (C=O) groups is 2. The van der Waals surface area contributed by atoms with Crippen LogP contribution in [0.5, 0.6) is 0 Å². The van der Waals surface area contributed by atoms with Crippen LogP contribution in [0.3, 0.4) is 0 Å². The van der Waals surface area contributed by atoms with Gasteiger partial charge in [0.05, 0.1) is 6.26 Å². The topological polar surface area (TPSA) is 124 Å². The lowest BCUT2D eigenvalue weighted by Gasteiger charge is -2.29. The van der Waals surface area contributed by atoms with Crippen molar-refractivity contribution in [3.63, 3.8) is 0 Å². The lowest BCUT2D eigenvalue weighted by molar-refractivity contribution is -0.229. The Morgan fingerprint density at radius 3 is 2.32 bits per heavy atom. The summed E-state index contributed by atoms with van der Waals surface area (Å²) in [6.45, 7) is 5.31. The standard InChI is InChI=1S/C14H22O10S/c1-7(15)19-6-9(20-8(2)16)10-11(24-25(5,17)18)12-13(21-10)23-14(3,4)22-12/h9-13H,6H2,1-5H3/t9-,10-,11+,12-,13+/m1/s1. The van der Waals surface area contributed by atoms with Crippen molar-refractivity contribution in [3.05, 3.63) is 0 Å². The van der Waals surface area contributed by atoms with E-state index < -0.39 is 58.5 Å². The molecule has 144 valence electrons. The Labute approximate surface area is 145 Å². The van der Waals surface area contributed by atoms with Gasteiger partial charge in [-0.25, -0.2) is 0 Å². The van der Waals surface area contributed by atoms with E-state index in [0.29, 0.717) is 0 Å². The van der Waals surface area contributed by atoms with Gasteiger partial charge in [0.15, 0.2) is 18.2 Å². The van der Waals surface area contributed by atoms with Gasteiger partial charge in [0.25, 0.3) is 10.1 Å². The molecule has 2 aliphatic rings. The number of esters is 2. The van der Waals surface area contributed by atoms with Crippen LogP contribution in [0.25, 0.3) is 0 Å². The molecule has 0 radical (unpaired) electrons. The van der Waals surface area contributed by atoms with E-state index in [1.807, 2.05) is 0 Å². The van der Waals surface area contributed by atoms with Gasteiger partial charge in [0.2, 0.25) is 0 Å². The molecule has 0 unspecified atom stereocenters. The first-order valence-corrected chi connectivity index (χ1v) is 9.39. The average molecular weight is 382 g/mol. The van der Waals surface area contributed by atoms with E-state index in [-0.39, 0.29) is 6.61 Å². The molecular weight excluding hydrogens is 360 g/mol. The molecule has 10 nitrogen and oxygen atoms in total. The Morgan fingerprint density at radius 2 is 1.80 bits per heavy atom. The van der Waals surface area contributed by atoms with E-state index in [9.17, 15) is 18.0 Å². The molecular formula is C14H22O10S. The molecule has 2 fully saturated rings. The molecule has 0 spiro atoms. The maximum absolute atomic E-state index is 11.6. The molecule has 2 heterocycles. The Morgan fingerprint density at radius 1 is 1.16 bits per heavy atom. The van der Waals surface area contributed by atoms with Crippen LogP contribution in [0.15, 0.2) is 0 Å². The van der Waals surface area contributed by atoms with E-state index in [1.165, 1.54) is 13.8 Å². The number of fused-ring (bicyclic) bond motifs is 1. The Bertz CT molecular complexity index is 628. The Balaban J connectivity index is 2.25. The molecule has 0 saturated carbocycles. The van der Waals surface area contributed by atoms with Gasteiger partial charge in [0, 0.05) is 13.8 Å². The molecule has 0 aromatic rings. The highest BCUT2D eigenvalue weighted by Crippen LogP contribution is 2.40. The predicted octanol–water partition coefficient (Wildman–Crippen LogP) is -0.298. The maximum atomic E-state index is 11.6. The van der Waals surface area contributed by atoms with Gasteiger partial charge in [0.1, 0.15) is 24.9 Å². The molecule has 0 aromatic heterocycles. The smallest absolute Gasteiger partial charge is 0.303 e. The van der Waals surface area contributed by atoms with E-state index in [0.717, 1.165) is 6.26 Å². The Hall–Kier alpha value is -1.27. The summed E-state index contributed by atoms with van der Waals surface area (Å²) < 4.78 is 55.2. The highest BCUT2D eigenvalue weighted by molar-refractivity contribution is 7.86. The van der Waals surface area contributed by atoms with E-state index in [1.54, 1.807) is 13.8 Å². The molecule has 5 atom stereocenters. The minimum absolute atomic E-state index is 0.327. The minimum atomic E-state index is -3.87. The van der Waals surface area contributed by atoms with Gasteiger partial charge >= 0.3 is 11.9 Å². The number of carbonyl (C=O) groups excluding carboxylic acids is 2. The third kappa shape index (κ3) is 5.35. The SMILES string of the molecule is CC(=O)OC[C@@H](OC(C)=O)[C@H]1O[C@H]2OC(C)(C)O[C@@H]2[C@H]1OS(C)(=O)=O. The lowest BCUT2D eigenvalue weighted by atomic mass is 10.1. The first kappa shape index (κ1) is 20.0. The van der Waals surface area contributed by atoms with E-state index in [4.69, 9.17) is 27.9 Å². The molecule has 2 aliphatic heterocycles. The van der Waals surface area contributed by atoms with E-state index in [2.05, 4.69) is 0 Å².